The van der Waals surface area contributed by atoms with Crippen LogP contribution in [0.1, 0.15) is 28.7 Å². The molecule has 0 atom stereocenters. The highest BCUT2D eigenvalue weighted by atomic mass is 16.5. The quantitative estimate of drug-likeness (QED) is 0.349. The Morgan fingerprint density at radius 2 is 0.839 bits per heavy atom. The van der Waals surface area contributed by atoms with E-state index in [-0.39, 0.29) is 0 Å². The van der Waals surface area contributed by atoms with E-state index < -0.39 is 5.60 Å². The van der Waals surface area contributed by atoms with Crippen LogP contribution >= 0.6 is 0 Å². The Hall–Kier alpha value is -3.84. The maximum Gasteiger partial charge on any atom is 0.165 e. The summed E-state index contributed by atoms with van der Waals surface area (Å²) in [6.45, 7) is 0. The first-order valence-electron chi connectivity index (χ1n) is 10.8. The van der Waals surface area contributed by atoms with Crippen molar-refractivity contribution in [3.05, 3.63) is 144 Å². The molecule has 0 N–H and O–H groups in total. The van der Waals surface area contributed by atoms with Gasteiger partial charge in [0, 0.05) is 28.7 Å². The van der Waals surface area contributed by atoms with Gasteiger partial charge in [-0.3, -0.25) is 0 Å². The highest BCUT2D eigenvalue weighted by Gasteiger charge is 2.60. The zero-order chi connectivity index (χ0) is 20.7. The Morgan fingerprint density at radius 1 is 0.452 bits per heavy atom. The average molecular weight is 399 g/mol. The van der Waals surface area contributed by atoms with Crippen LogP contribution in [0.15, 0.2) is 121 Å². The van der Waals surface area contributed by atoms with Crippen molar-refractivity contribution in [2.24, 2.45) is 0 Å². The van der Waals surface area contributed by atoms with Gasteiger partial charge in [-0.15, -0.1) is 0 Å². The first-order valence-corrected chi connectivity index (χ1v) is 10.8. The minimum Gasteiger partial charge on any atom is -0.476 e. The Morgan fingerprint density at radius 3 is 1.29 bits per heavy atom. The van der Waals surface area contributed by atoms with Crippen molar-refractivity contribution in [2.75, 3.05) is 0 Å². The highest BCUT2D eigenvalue weighted by Crippen LogP contribution is 2.67. The van der Waals surface area contributed by atoms with Gasteiger partial charge in [0.25, 0.3) is 0 Å². The van der Waals surface area contributed by atoms with Crippen LogP contribution in [0.4, 0.5) is 0 Å². The molecule has 2 aliphatic rings. The lowest BCUT2D eigenvalue weighted by molar-refractivity contribution is 0.207. The number of rotatable bonds is 4. The molecule has 0 bridgehead atoms. The van der Waals surface area contributed by atoms with E-state index in [1.165, 1.54) is 33.4 Å². The maximum atomic E-state index is 6.95. The second kappa shape index (κ2) is 7.14. The van der Waals surface area contributed by atoms with E-state index in [1.54, 1.807) is 0 Å². The molecule has 1 aliphatic carbocycles. The fourth-order valence-corrected chi connectivity index (χ4v) is 4.84. The van der Waals surface area contributed by atoms with Gasteiger partial charge in [0.1, 0.15) is 5.76 Å². The molecule has 4 aromatic rings. The molecule has 0 unspecified atom stereocenters. The van der Waals surface area contributed by atoms with Crippen LogP contribution in [0.2, 0.25) is 0 Å². The van der Waals surface area contributed by atoms with Crippen LogP contribution in [0.25, 0.3) is 22.5 Å². The molecule has 0 amide bonds. The van der Waals surface area contributed by atoms with Crippen molar-refractivity contribution in [3.8, 4) is 0 Å². The molecule has 1 spiro atoms. The predicted octanol–water partition coefficient (Wildman–Crippen LogP) is 7.34. The monoisotopic (exact) mass is 398 g/mol. The summed E-state index contributed by atoms with van der Waals surface area (Å²) in [6, 6.07) is 42.5. The largest absolute Gasteiger partial charge is 0.476 e. The standard InChI is InChI=1S/C30H22O/c1-5-13-22(14-6-1)26-21-30(31-29(26)25-19-11-4-12-20-25)27(23-15-7-2-8-16-23)28(30)24-17-9-3-10-18-24/h1-20H,21H2. The van der Waals surface area contributed by atoms with E-state index in [0.717, 1.165) is 17.7 Å². The summed E-state index contributed by atoms with van der Waals surface area (Å²) in [4.78, 5) is 0. The molecule has 1 aliphatic heterocycles. The smallest absolute Gasteiger partial charge is 0.165 e. The van der Waals surface area contributed by atoms with Crippen LogP contribution < -0.4 is 0 Å². The van der Waals surface area contributed by atoms with Crippen molar-refractivity contribution in [2.45, 2.75) is 12.0 Å². The number of ether oxygens (including phenoxy) is 1. The summed E-state index contributed by atoms with van der Waals surface area (Å²) in [5, 5.41) is 0. The average Bonchev–Trinajstić information content (AvgIpc) is 3.32. The van der Waals surface area contributed by atoms with Gasteiger partial charge in [0.05, 0.1) is 0 Å². The lowest BCUT2D eigenvalue weighted by Gasteiger charge is -2.17. The van der Waals surface area contributed by atoms with Crippen LogP contribution in [0, 0.1) is 0 Å². The van der Waals surface area contributed by atoms with Gasteiger partial charge in [0.15, 0.2) is 5.60 Å². The van der Waals surface area contributed by atoms with Crippen molar-refractivity contribution >= 4 is 22.5 Å². The molecule has 6 rings (SSSR count). The van der Waals surface area contributed by atoms with Crippen LogP contribution in [0.5, 0.6) is 0 Å². The molecule has 4 aromatic carbocycles. The van der Waals surface area contributed by atoms with Crippen molar-refractivity contribution in [3.63, 3.8) is 0 Å². The SMILES string of the molecule is c1ccc(C2=C(c3ccccc3)OC3(C2)C(c2ccccc2)=C3c2ccccc2)cc1. The normalized spacial score (nSPS) is 16.5. The lowest BCUT2D eigenvalue weighted by atomic mass is 9.93. The Bertz CT molecular complexity index is 1180. The van der Waals surface area contributed by atoms with Gasteiger partial charge in [0.2, 0.25) is 0 Å². The molecule has 0 saturated carbocycles. The van der Waals surface area contributed by atoms with Gasteiger partial charge in [-0.05, 0) is 16.7 Å². The molecule has 0 radical (unpaired) electrons. The summed E-state index contributed by atoms with van der Waals surface area (Å²) in [6.07, 6.45) is 0.843. The minimum atomic E-state index is -0.404. The van der Waals surface area contributed by atoms with E-state index in [4.69, 9.17) is 4.74 Å². The fourth-order valence-electron chi connectivity index (χ4n) is 4.84. The summed E-state index contributed by atoms with van der Waals surface area (Å²) >= 11 is 0. The third kappa shape index (κ3) is 2.93. The summed E-state index contributed by atoms with van der Waals surface area (Å²) in [5.41, 5.74) is 8.31. The molecule has 1 heteroatoms. The molecular formula is C30H22O. The maximum absolute atomic E-state index is 6.95. The second-order valence-electron chi connectivity index (χ2n) is 8.13. The zero-order valence-electron chi connectivity index (χ0n) is 17.2. The highest BCUT2D eigenvalue weighted by molar-refractivity contribution is 6.20. The predicted molar refractivity (Wildman–Crippen MR) is 128 cm³/mol. The van der Waals surface area contributed by atoms with Gasteiger partial charge >= 0.3 is 0 Å². The molecule has 1 heterocycles. The minimum absolute atomic E-state index is 0.404. The Balaban J connectivity index is 1.50. The van der Waals surface area contributed by atoms with E-state index in [2.05, 4.69) is 121 Å². The molecule has 0 saturated heterocycles. The van der Waals surface area contributed by atoms with Crippen LogP contribution in [0.3, 0.4) is 0 Å². The van der Waals surface area contributed by atoms with Crippen LogP contribution in [-0.4, -0.2) is 5.60 Å². The van der Waals surface area contributed by atoms with Gasteiger partial charge in [-0.1, -0.05) is 121 Å². The first-order chi connectivity index (χ1) is 15.4. The first kappa shape index (κ1) is 18.0. The summed E-state index contributed by atoms with van der Waals surface area (Å²) in [7, 11) is 0. The van der Waals surface area contributed by atoms with E-state index in [0.29, 0.717) is 0 Å². The molecule has 0 aromatic heterocycles. The van der Waals surface area contributed by atoms with Gasteiger partial charge < -0.3 is 4.74 Å². The number of benzene rings is 4. The topological polar surface area (TPSA) is 9.23 Å². The molecule has 31 heavy (non-hydrogen) atoms. The molecular weight excluding hydrogens is 376 g/mol. The van der Waals surface area contributed by atoms with Crippen molar-refractivity contribution in [1.82, 2.24) is 0 Å². The Kier molecular flexibility index (Phi) is 4.14. The number of hydrogen-bond acceptors (Lipinski definition) is 1. The fraction of sp³-hybridized carbons (Fsp3) is 0.0667. The molecule has 0 fully saturated rings. The van der Waals surface area contributed by atoms with Crippen molar-refractivity contribution in [1.29, 1.82) is 0 Å². The zero-order valence-corrected chi connectivity index (χ0v) is 17.2. The van der Waals surface area contributed by atoms with Gasteiger partial charge in [-0.25, -0.2) is 0 Å². The Labute approximate surface area is 183 Å². The third-order valence-electron chi connectivity index (χ3n) is 6.25. The van der Waals surface area contributed by atoms with E-state index in [9.17, 15) is 0 Å². The lowest BCUT2D eigenvalue weighted by Crippen LogP contribution is -2.14. The van der Waals surface area contributed by atoms with E-state index >= 15 is 0 Å². The third-order valence-corrected chi connectivity index (χ3v) is 6.25. The molecule has 1 nitrogen and oxygen atoms in total. The summed E-state index contributed by atoms with van der Waals surface area (Å²) < 4.78 is 6.95. The number of hydrogen-bond donors (Lipinski definition) is 0. The molecule has 148 valence electrons. The van der Waals surface area contributed by atoms with E-state index in [1.807, 2.05) is 0 Å². The van der Waals surface area contributed by atoms with Crippen molar-refractivity contribution < 1.29 is 4.74 Å². The van der Waals surface area contributed by atoms with Gasteiger partial charge in [-0.2, -0.15) is 0 Å². The summed E-state index contributed by atoms with van der Waals surface area (Å²) in [5.74, 6) is 0.992. The van der Waals surface area contributed by atoms with Crippen LogP contribution in [-0.2, 0) is 4.74 Å². The second-order valence-corrected chi connectivity index (χ2v) is 8.13.